The van der Waals surface area contributed by atoms with Crippen LogP contribution in [0.15, 0.2) is 29.6 Å². The summed E-state index contributed by atoms with van der Waals surface area (Å²) in [5, 5.41) is 7.42. The Morgan fingerprint density at radius 2 is 2.22 bits per heavy atom. The van der Waals surface area contributed by atoms with Crippen molar-refractivity contribution in [1.82, 2.24) is 5.32 Å². The lowest BCUT2D eigenvalue weighted by atomic mass is 9.81. The van der Waals surface area contributed by atoms with Gasteiger partial charge in [-0.15, -0.1) is 11.3 Å². The van der Waals surface area contributed by atoms with Crippen LogP contribution in [0.2, 0.25) is 0 Å². The van der Waals surface area contributed by atoms with Gasteiger partial charge in [0.2, 0.25) is 0 Å². The molecule has 1 atom stereocenters. The summed E-state index contributed by atoms with van der Waals surface area (Å²) in [4.78, 5) is 0. The first-order valence-electron chi connectivity index (χ1n) is 6.93. The lowest BCUT2D eigenvalue weighted by molar-refractivity contribution is 0.313. The third-order valence-corrected chi connectivity index (χ3v) is 4.96. The van der Waals surface area contributed by atoms with Crippen molar-refractivity contribution in [2.45, 2.75) is 38.6 Å². The van der Waals surface area contributed by atoms with Crippen molar-refractivity contribution in [1.29, 1.82) is 0 Å². The summed E-state index contributed by atoms with van der Waals surface area (Å²) >= 11 is 1.89. The maximum atomic E-state index is 3.81. The van der Waals surface area contributed by atoms with Gasteiger partial charge in [-0.25, -0.2) is 0 Å². The van der Waals surface area contributed by atoms with Crippen LogP contribution in [-0.4, -0.2) is 6.54 Å². The number of benzene rings is 1. The van der Waals surface area contributed by atoms with E-state index in [1.165, 1.54) is 34.9 Å². The predicted octanol–water partition coefficient (Wildman–Crippen LogP) is 4.53. The molecule has 1 aliphatic heterocycles. The summed E-state index contributed by atoms with van der Waals surface area (Å²) in [6, 6.07) is 9.01. The Hall–Kier alpha value is -0.860. The minimum Gasteiger partial charge on any atom is -0.307 e. The highest BCUT2D eigenvalue weighted by atomic mass is 32.1. The molecule has 3 rings (SSSR count). The molecule has 0 bridgehead atoms. The summed E-state index contributed by atoms with van der Waals surface area (Å²) in [5.74, 6) is 0.728. The maximum Gasteiger partial charge on any atom is 0.0451 e. The number of rotatable bonds is 3. The molecule has 96 valence electrons. The Morgan fingerprint density at radius 3 is 2.94 bits per heavy atom. The minimum absolute atomic E-state index is 0.221. The molecule has 0 spiro atoms. The van der Waals surface area contributed by atoms with E-state index in [1.54, 1.807) is 0 Å². The van der Waals surface area contributed by atoms with E-state index in [0.717, 1.165) is 12.5 Å². The lowest BCUT2D eigenvalue weighted by Crippen LogP contribution is -2.38. The molecule has 1 N–H and O–H groups in total. The minimum atomic E-state index is 0.221. The number of thiophene rings is 1. The summed E-state index contributed by atoms with van der Waals surface area (Å²) in [6.45, 7) is 5.82. The molecule has 1 saturated heterocycles. The SMILES string of the molecule is CC(C)CC1(c2cccc3ccsc23)CCCN1. The number of hydrogen-bond donors (Lipinski definition) is 1. The molecular formula is C16H21NS. The van der Waals surface area contributed by atoms with Crippen molar-refractivity contribution >= 4 is 21.4 Å². The van der Waals surface area contributed by atoms with E-state index < -0.39 is 0 Å². The van der Waals surface area contributed by atoms with Gasteiger partial charge in [0.05, 0.1) is 0 Å². The van der Waals surface area contributed by atoms with E-state index in [1.807, 2.05) is 11.3 Å². The first-order valence-corrected chi connectivity index (χ1v) is 7.81. The largest absolute Gasteiger partial charge is 0.307 e. The molecule has 0 radical (unpaired) electrons. The maximum absolute atomic E-state index is 3.81. The standard InChI is InChI=1S/C16H21NS/c1-12(2)11-16(8-4-9-17-16)14-6-3-5-13-7-10-18-15(13)14/h3,5-7,10,12,17H,4,8-9,11H2,1-2H3. The van der Waals surface area contributed by atoms with Crippen LogP contribution in [0.3, 0.4) is 0 Å². The molecule has 2 aromatic rings. The zero-order chi connectivity index (χ0) is 12.6. The summed E-state index contributed by atoms with van der Waals surface area (Å²) in [5.41, 5.74) is 1.75. The average Bonchev–Trinajstić information content (AvgIpc) is 2.96. The number of nitrogens with one attached hydrogen (secondary N) is 1. The van der Waals surface area contributed by atoms with Gasteiger partial charge in [0.1, 0.15) is 0 Å². The van der Waals surface area contributed by atoms with Gasteiger partial charge in [-0.1, -0.05) is 32.0 Å². The molecule has 2 heteroatoms. The van der Waals surface area contributed by atoms with Crippen LogP contribution in [0.25, 0.3) is 10.1 Å². The molecule has 1 nitrogen and oxygen atoms in total. The van der Waals surface area contributed by atoms with E-state index >= 15 is 0 Å². The molecule has 2 heterocycles. The Morgan fingerprint density at radius 1 is 1.33 bits per heavy atom. The van der Waals surface area contributed by atoms with E-state index in [9.17, 15) is 0 Å². The lowest BCUT2D eigenvalue weighted by Gasteiger charge is -2.32. The predicted molar refractivity (Wildman–Crippen MR) is 80.2 cm³/mol. The van der Waals surface area contributed by atoms with Crippen molar-refractivity contribution in [3.05, 3.63) is 35.2 Å². The Kier molecular flexibility index (Phi) is 3.16. The van der Waals surface area contributed by atoms with E-state index in [0.29, 0.717) is 0 Å². The number of fused-ring (bicyclic) bond motifs is 1. The fourth-order valence-electron chi connectivity index (χ4n) is 3.39. The Labute approximate surface area is 113 Å². The molecule has 0 aliphatic carbocycles. The van der Waals surface area contributed by atoms with Crippen LogP contribution in [-0.2, 0) is 5.54 Å². The Bertz CT molecular complexity index is 535. The van der Waals surface area contributed by atoms with Crippen LogP contribution < -0.4 is 5.32 Å². The third-order valence-electron chi connectivity index (χ3n) is 3.99. The van der Waals surface area contributed by atoms with Gasteiger partial charge in [-0.2, -0.15) is 0 Å². The van der Waals surface area contributed by atoms with E-state index in [-0.39, 0.29) is 5.54 Å². The van der Waals surface area contributed by atoms with Crippen LogP contribution in [0.1, 0.15) is 38.7 Å². The molecule has 1 aliphatic rings. The molecule has 1 unspecified atom stereocenters. The molecule has 1 aromatic heterocycles. The molecule has 18 heavy (non-hydrogen) atoms. The van der Waals surface area contributed by atoms with Gasteiger partial charge in [0.15, 0.2) is 0 Å². The van der Waals surface area contributed by atoms with Gasteiger partial charge in [-0.3, -0.25) is 0 Å². The molecule has 1 fully saturated rings. The highest BCUT2D eigenvalue weighted by molar-refractivity contribution is 7.17. The highest BCUT2D eigenvalue weighted by Gasteiger charge is 2.36. The zero-order valence-electron chi connectivity index (χ0n) is 11.2. The quantitative estimate of drug-likeness (QED) is 0.854. The monoisotopic (exact) mass is 259 g/mol. The smallest absolute Gasteiger partial charge is 0.0451 e. The van der Waals surface area contributed by atoms with Crippen LogP contribution in [0.5, 0.6) is 0 Å². The van der Waals surface area contributed by atoms with Crippen molar-refractivity contribution in [3.63, 3.8) is 0 Å². The van der Waals surface area contributed by atoms with E-state index in [4.69, 9.17) is 0 Å². The summed E-state index contributed by atoms with van der Waals surface area (Å²) in [6.07, 6.45) is 3.82. The average molecular weight is 259 g/mol. The third kappa shape index (κ3) is 1.98. The topological polar surface area (TPSA) is 12.0 Å². The summed E-state index contributed by atoms with van der Waals surface area (Å²) in [7, 11) is 0. The van der Waals surface area contributed by atoms with Crippen molar-refractivity contribution < 1.29 is 0 Å². The number of hydrogen-bond acceptors (Lipinski definition) is 2. The first kappa shape index (κ1) is 12.2. The highest BCUT2D eigenvalue weighted by Crippen LogP contribution is 2.41. The molecule has 1 aromatic carbocycles. The molecular weight excluding hydrogens is 238 g/mol. The van der Waals surface area contributed by atoms with Gasteiger partial charge in [0.25, 0.3) is 0 Å². The van der Waals surface area contributed by atoms with Crippen molar-refractivity contribution in [3.8, 4) is 0 Å². The normalized spacial score (nSPS) is 24.2. The van der Waals surface area contributed by atoms with Gasteiger partial charge in [0, 0.05) is 10.2 Å². The Balaban J connectivity index is 2.12. The second-order valence-corrected chi connectivity index (χ2v) is 6.77. The van der Waals surface area contributed by atoms with Crippen LogP contribution >= 0.6 is 11.3 Å². The van der Waals surface area contributed by atoms with Crippen LogP contribution in [0.4, 0.5) is 0 Å². The van der Waals surface area contributed by atoms with Gasteiger partial charge < -0.3 is 5.32 Å². The molecule has 0 saturated carbocycles. The van der Waals surface area contributed by atoms with Gasteiger partial charge in [-0.05, 0) is 54.1 Å². The fourth-order valence-corrected chi connectivity index (χ4v) is 4.40. The van der Waals surface area contributed by atoms with Crippen LogP contribution in [0, 0.1) is 5.92 Å². The van der Waals surface area contributed by atoms with Gasteiger partial charge >= 0.3 is 0 Å². The second kappa shape index (κ2) is 4.67. The van der Waals surface area contributed by atoms with Crippen molar-refractivity contribution in [2.75, 3.05) is 6.54 Å². The second-order valence-electron chi connectivity index (χ2n) is 5.85. The fraction of sp³-hybridized carbons (Fsp3) is 0.500. The first-order chi connectivity index (χ1) is 8.71. The van der Waals surface area contributed by atoms with E-state index in [2.05, 4.69) is 48.8 Å². The molecule has 0 amide bonds. The summed E-state index contributed by atoms with van der Waals surface area (Å²) < 4.78 is 1.48. The zero-order valence-corrected chi connectivity index (χ0v) is 12.0. The van der Waals surface area contributed by atoms with Crippen molar-refractivity contribution in [2.24, 2.45) is 5.92 Å².